The normalized spacial score (nSPS) is 15.3. The van der Waals surface area contributed by atoms with E-state index in [0.29, 0.717) is 24.5 Å². The zero-order chi connectivity index (χ0) is 23.8. The third kappa shape index (κ3) is 6.41. The highest BCUT2D eigenvalue weighted by molar-refractivity contribution is 7.98. The molecule has 176 valence electrons. The summed E-state index contributed by atoms with van der Waals surface area (Å²) in [5, 5.41) is 2.73. The fourth-order valence-electron chi connectivity index (χ4n) is 3.57. The van der Waals surface area contributed by atoms with E-state index < -0.39 is 17.8 Å². The van der Waals surface area contributed by atoms with Gasteiger partial charge in [-0.25, -0.2) is 0 Å². The fraction of sp³-hybridized carbons (Fsp3) is 0.375. The van der Waals surface area contributed by atoms with Gasteiger partial charge in [-0.15, -0.1) is 11.8 Å². The Bertz CT molecular complexity index is 995. The van der Waals surface area contributed by atoms with Crippen LogP contribution in [-0.2, 0) is 25.5 Å². The maximum atomic E-state index is 12.4. The lowest BCUT2D eigenvalue weighted by atomic mass is 10.1. The van der Waals surface area contributed by atoms with Crippen LogP contribution in [0.4, 0.5) is 5.69 Å². The molecular weight excluding hydrogens is 444 g/mol. The number of esters is 1. The van der Waals surface area contributed by atoms with Gasteiger partial charge in [-0.1, -0.05) is 6.07 Å². The summed E-state index contributed by atoms with van der Waals surface area (Å²) in [6.45, 7) is 0.253. The Morgan fingerprint density at radius 3 is 2.48 bits per heavy atom. The van der Waals surface area contributed by atoms with Crippen LogP contribution in [0.3, 0.4) is 0 Å². The summed E-state index contributed by atoms with van der Waals surface area (Å²) < 4.78 is 15.6. The number of nitrogens with one attached hydrogen (secondary N) is 1. The molecule has 1 heterocycles. The smallest absolute Gasteiger partial charge is 0.311 e. The van der Waals surface area contributed by atoms with Crippen molar-refractivity contribution in [1.82, 2.24) is 5.32 Å². The Morgan fingerprint density at radius 1 is 1.09 bits per heavy atom. The van der Waals surface area contributed by atoms with Gasteiger partial charge in [0.05, 0.1) is 20.1 Å². The van der Waals surface area contributed by atoms with Crippen molar-refractivity contribution in [1.29, 1.82) is 0 Å². The third-order valence-corrected chi connectivity index (χ3v) is 6.12. The van der Waals surface area contributed by atoms with Gasteiger partial charge < -0.3 is 24.4 Å². The molecule has 1 aliphatic heterocycles. The van der Waals surface area contributed by atoms with E-state index in [9.17, 15) is 14.4 Å². The number of hydrogen-bond donors (Lipinski definition) is 1. The van der Waals surface area contributed by atoms with E-state index in [0.717, 1.165) is 16.1 Å². The number of benzene rings is 2. The molecule has 1 unspecified atom stereocenters. The summed E-state index contributed by atoms with van der Waals surface area (Å²) in [4.78, 5) is 39.5. The van der Waals surface area contributed by atoms with Crippen molar-refractivity contribution < 1.29 is 28.6 Å². The summed E-state index contributed by atoms with van der Waals surface area (Å²) in [6, 6.07) is 13.2. The van der Waals surface area contributed by atoms with Crippen LogP contribution in [-0.4, -0.2) is 58.0 Å². The number of rotatable bonds is 10. The van der Waals surface area contributed by atoms with E-state index in [1.807, 2.05) is 42.7 Å². The molecule has 2 amide bonds. The van der Waals surface area contributed by atoms with Gasteiger partial charge in [0, 0.05) is 30.1 Å². The molecule has 0 spiro atoms. The number of methoxy groups -OCH3 is 2. The van der Waals surface area contributed by atoms with Gasteiger partial charge >= 0.3 is 5.97 Å². The molecule has 0 saturated carbocycles. The van der Waals surface area contributed by atoms with Gasteiger partial charge in [0.2, 0.25) is 5.91 Å². The quantitative estimate of drug-likeness (QED) is 0.420. The van der Waals surface area contributed by atoms with E-state index in [1.165, 1.54) is 0 Å². The highest BCUT2D eigenvalue weighted by atomic mass is 32.2. The highest BCUT2D eigenvalue weighted by Gasteiger charge is 2.36. The van der Waals surface area contributed by atoms with Crippen LogP contribution in [0.25, 0.3) is 0 Å². The van der Waals surface area contributed by atoms with E-state index in [1.54, 1.807) is 36.9 Å². The van der Waals surface area contributed by atoms with Gasteiger partial charge in [-0.2, -0.15) is 0 Å². The standard InChI is InChI=1S/C24H28N2O6S/c1-30-20-9-4-16(12-21(20)31-2)10-11-25-22(27)15-32-24(29)17-13-23(28)26(14-17)18-5-7-19(33-3)8-6-18/h4-9,12,17H,10-11,13-15H2,1-3H3,(H,25,27). The van der Waals surface area contributed by atoms with E-state index in [4.69, 9.17) is 14.2 Å². The second kappa shape index (κ2) is 11.6. The minimum absolute atomic E-state index is 0.0734. The molecule has 1 saturated heterocycles. The lowest BCUT2D eigenvalue weighted by molar-refractivity contribution is -0.152. The largest absolute Gasteiger partial charge is 0.493 e. The average Bonchev–Trinajstić information content (AvgIpc) is 3.24. The van der Waals surface area contributed by atoms with Crippen molar-refractivity contribution in [2.75, 3.05) is 45.1 Å². The summed E-state index contributed by atoms with van der Waals surface area (Å²) in [5.41, 5.74) is 1.72. The average molecular weight is 473 g/mol. The Morgan fingerprint density at radius 2 is 1.82 bits per heavy atom. The molecule has 1 aliphatic rings. The SMILES string of the molecule is COc1ccc(CCNC(=O)COC(=O)C2CC(=O)N(c3ccc(SC)cc3)C2)cc1OC. The summed E-state index contributed by atoms with van der Waals surface area (Å²) >= 11 is 1.62. The van der Waals surface area contributed by atoms with Crippen LogP contribution in [0.15, 0.2) is 47.4 Å². The number of anilines is 1. The third-order valence-electron chi connectivity index (χ3n) is 5.37. The molecule has 1 atom stereocenters. The number of carbonyl (C=O) groups is 3. The molecule has 0 bridgehead atoms. The molecule has 8 nitrogen and oxygen atoms in total. The summed E-state index contributed by atoms with van der Waals surface area (Å²) in [5.74, 6) is -0.390. The first-order chi connectivity index (χ1) is 15.9. The van der Waals surface area contributed by atoms with Gasteiger partial charge in [-0.3, -0.25) is 14.4 Å². The Hall–Kier alpha value is -3.20. The van der Waals surface area contributed by atoms with Crippen LogP contribution < -0.4 is 19.7 Å². The monoisotopic (exact) mass is 472 g/mol. The van der Waals surface area contributed by atoms with Gasteiger partial charge in [0.15, 0.2) is 18.1 Å². The highest BCUT2D eigenvalue weighted by Crippen LogP contribution is 2.28. The minimum Gasteiger partial charge on any atom is -0.493 e. The van der Waals surface area contributed by atoms with E-state index in [2.05, 4.69) is 5.32 Å². The summed E-state index contributed by atoms with van der Waals surface area (Å²) in [7, 11) is 3.14. The molecule has 0 radical (unpaired) electrons. The molecular formula is C24H28N2O6S. The molecule has 2 aromatic carbocycles. The molecule has 2 aromatic rings. The van der Waals surface area contributed by atoms with Crippen LogP contribution in [0, 0.1) is 5.92 Å². The Kier molecular flexibility index (Phi) is 8.59. The first-order valence-electron chi connectivity index (χ1n) is 10.5. The van der Waals surface area contributed by atoms with E-state index in [-0.39, 0.29) is 25.5 Å². The molecule has 1 N–H and O–H groups in total. The van der Waals surface area contributed by atoms with Crippen LogP contribution in [0.1, 0.15) is 12.0 Å². The molecule has 1 fully saturated rings. The molecule has 0 aromatic heterocycles. The maximum Gasteiger partial charge on any atom is 0.311 e. The second-order valence-electron chi connectivity index (χ2n) is 7.50. The molecule has 33 heavy (non-hydrogen) atoms. The zero-order valence-corrected chi connectivity index (χ0v) is 19.8. The van der Waals surface area contributed by atoms with Gasteiger partial charge in [-0.05, 0) is 54.6 Å². The first-order valence-corrected chi connectivity index (χ1v) is 11.8. The van der Waals surface area contributed by atoms with Crippen molar-refractivity contribution in [2.45, 2.75) is 17.7 Å². The lowest BCUT2D eigenvalue weighted by Gasteiger charge is -2.16. The second-order valence-corrected chi connectivity index (χ2v) is 8.38. The van der Waals surface area contributed by atoms with Crippen molar-refractivity contribution in [3.8, 4) is 11.5 Å². The minimum atomic E-state index is -0.586. The zero-order valence-electron chi connectivity index (χ0n) is 19.0. The Labute approximate surface area is 197 Å². The fourth-order valence-corrected chi connectivity index (χ4v) is 3.97. The van der Waals surface area contributed by atoms with Crippen LogP contribution in [0.2, 0.25) is 0 Å². The van der Waals surface area contributed by atoms with Crippen molar-refractivity contribution in [2.24, 2.45) is 5.92 Å². The van der Waals surface area contributed by atoms with Crippen LogP contribution >= 0.6 is 11.8 Å². The first kappa shape index (κ1) is 24.4. The maximum absolute atomic E-state index is 12.4. The predicted octanol–water partition coefficient (Wildman–Crippen LogP) is 2.68. The number of hydrogen-bond acceptors (Lipinski definition) is 7. The topological polar surface area (TPSA) is 94.2 Å². The van der Waals surface area contributed by atoms with Gasteiger partial charge in [0.25, 0.3) is 5.91 Å². The number of ether oxygens (including phenoxy) is 3. The number of amides is 2. The molecule has 3 rings (SSSR count). The van der Waals surface area contributed by atoms with Crippen LogP contribution in [0.5, 0.6) is 11.5 Å². The summed E-state index contributed by atoms with van der Waals surface area (Å²) in [6.07, 6.45) is 2.64. The lowest BCUT2D eigenvalue weighted by Crippen LogP contribution is -2.32. The van der Waals surface area contributed by atoms with Gasteiger partial charge in [0.1, 0.15) is 0 Å². The van der Waals surface area contributed by atoms with Crippen molar-refractivity contribution >= 4 is 35.2 Å². The number of nitrogens with zero attached hydrogens (tertiary/aromatic N) is 1. The van der Waals surface area contributed by atoms with E-state index >= 15 is 0 Å². The number of thioether (sulfide) groups is 1. The molecule has 9 heteroatoms. The number of carbonyl (C=O) groups excluding carboxylic acids is 3. The van der Waals surface area contributed by atoms with Crippen molar-refractivity contribution in [3.63, 3.8) is 0 Å². The Balaban J connectivity index is 1.42. The van der Waals surface area contributed by atoms with Crippen molar-refractivity contribution in [3.05, 3.63) is 48.0 Å². The predicted molar refractivity (Wildman–Crippen MR) is 126 cm³/mol. The molecule has 0 aliphatic carbocycles.